The third-order valence-corrected chi connectivity index (χ3v) is 4.92. The SMILES string of the molecule is Cc1nonc1C(=O)Nc1nc2ccc(S(C)(=O)=O)cc2s1. The number of nitrogens with one attached hydrogen (secondary N) is 1. The molecule has 1 aromatic carbocycles. The standard InChI is InChI=1S/C12H10N4O4S2/c1-6-10(16-20-15-6)11(17)14-12-13-8-4-3-7(22(2,18)19)5-9(8)21-12/h3-5H,1-2H3,(H,13,14,17). The lowest BCUT2D eigenvalue weighted by atomic mass is 10.3. The summed E-state index contributed by atoms with van der Waals surface area (Å²) in [4.78, 5) is 16.4. The van der Waals surface area contributed by atoms with Gasteiger partial charge in [0, 0.05) is 6.26 Å². The van der Waals surface area contributed by atoms with Crippen LogP contribution in [0.15, 0.2) is 27.7 Å². The predicted octanol–water partition coefficient (Wildman–Crippen LogP) is 1.64. The van der Waals surface area contributed by atoms with Gasteiger partial charge in [0.15, 0.2) is 20.7 Å². The average molecular weight is 338 g/mol. The third-order valence-electron chi connectivity index (χ3n) is 2.88. The molecule has 0 fully saturated rings. The first kappa shape index (κ1) is 14.6. The van der Waals surface area contributed by atoms with Crippen LogP contribution in [0.1, 0.15) is 16.2 Å². The van der Waals surface area contributed by atoms with E-state index in [0.717, 1.165) is 6.26 Å². The molecule has 0 aliphatic carbocycles. The summed E-state index contributed by atoms with van der Waals surface area (Å²) in [5, 5.41) is 9.97. The van der Waals surface area contributed by atoms with E-state index in [-0.39, 0.29) is 10.6 Å². The molecule has 8 nitrogen and oxygen atoms in total. The molecule has 1 amide bonds. The minimum atomic E-state index is -3.29. The minimum Gasteiger partial charge on any atom is -0.296 e. The Morgan fingerprint density at radius 1 is 1.32 bits per heavy atom. The van der Waals surface area contributed by atoms with E-state index in [9.17, 15) is 13.2 Å². The van der Waals surface area contributed by atoms with Crippen molar-refractivity contribution in [1.82, 2.24) is 15.3 Å². The summed E-state index contributed by atoms with van der Waals surface area (Å²) in [6.07, 6.45) is 1.14. The Kier molecular flexibility index (Phi) is 3.41. The largest absolute Gasteiger partial charge is 0.296 e. The second-order valence-corrected chi connectivity index (χ2v) is 7.62. The van der Waals surface area contributed by atoms with Gasteiger partial charge in [-0.05, 0) is 30.3 Å². The van der Waals surface area contributed by atoms with Crippen molar-refractivity contribution < 1.29 is 17.8 Å². The Balaban J connectivity index is 1.93. The van der Waals surface area contributed by atoms with Gasteiger partial charge in [-0.25, -0.2) is 18.0 Å². The van der Waals surface area contributed by atoms with Crippen molar-refractivity contribution in [3.05, 3.63) is 29.6 Å². The van der Waals surface area contributed by atoms with Gasteiger partial charge in [-0.1, -0.05) is 16.5 Å². The molecule has 2 aromatic heterocycles. The van der Waals surface area contributed by atoms with Crippen molar-refractivity contribution in [3.8, 4) is 0 Å². The zero-order valence-corrected chi connectivity index (χ0v) is 13.2. The Hall–Kier alpha value is -2.33. The Bertz CT molecular complexity index is 974. The number of anilines is 1. The van der Waals surface area contributed by atoms with Crippen LogP contribution in [0.3, 0.4) is 0 Å². The number of fused-ring (bicyclic) bond motifs is 1. The first-order chi connectivity index (χ1) is 10.3. The molecule has 114 valence electrons. The highest BCUT2D eigenvalue weighted by Gasteiger charge is 2.17. The lowest BCUT2D eigenvalue weighted by Crippen LogP contribution is -2.13. The Morgan fingerprint density at radius 3 is 2.73 bits per heavy atom. The monoisotopic (exact) mass is 338 g/mol. The van der Waals surface area contributed by atoms with Crippen LogP contribution in [-0.2, 0) is 9.84 Å². The average Bonchev–Trinajstić information content (AvgIpc) is 3.01. The highest BCUT2D eigenvalue weighted by Crippen LogP contribution is 2.28. The van der Waals surface area contributed by atoms with E-state index in [0.29, 0.717) is 21.0 Å². The summed E-state index contributed by atoms with van der Waals surface area (Å²) in [5.41, 5.74) is 1.05. The zero-order valence-electron chi connectivity index (χ0n) is 11.5. The molecule has 0 saturated heterocycles. The molecule has 0 unspecified atom stereocenters. The molecule has 10 heteroatoms. The number of amides is 1. The van der Waals surface area contributed by atoms with Crippen LogP contribution < -0.4 is 5.32 Å². The van der Waals surface area contributed by atoms with Gasteiger partial charge in [-0.2, -0.15) is 0 Å². The molecule has 0 bridgehead atoms. The van der Waals surface area contributed by atoms with Gasteiger partial charge < -0.3 is 0 Å². The van der Waals surface area contributed by atoms with Crippen LogP contribution in [0, 0.1) is 6.92 Å². The van der Waals surface area contributed by atoms with E-state index in [1.807, 2.05) is 0 Å². The fourth-order valence-electron chi connectivity index (χ4n) is 1.78. The van der Waals surface area contributed by atoms with Crippen LogP contribution in [0.2, 0.25) is 0 Å². The van der Waals surface area contributed by atoms with Gasteiger partial charge in [-0.3, -0.25) is 10.1 Å². The van der Waals surface area contributed by atoms with Crippen molar-refractivity contribution in [1.29, 1.82) is 0 Å². The Labute approximate surface area is 129 Å². The van der Waals surface area contributed by atoms with E-state index < -0.39 is 15.7 Å². The van der Waals surface area contributed by atoms with Gasteiger partial charge in [0.25, 0.3) is 5.91 Å². The molecule has 3 rings (SSSR count). The highest BCUT2D eigenvalue weighted by molar-refractivity contribution is 7.90. The molecule has 3 aromatic rings. The summed E-state index contributed by atoms with van der Waals surface area (Å²) < 4.78 is 28.2. The van der Waals surface area contributed by atoms with Gasteiger partial charge in [0.05, 0.1) is 15.1 Å². The number of hydrogen-bond acceptors (Lipinski definition) is 8. The van der Waals surface area contributed by atoms with E-state index in [4.69, 9.17) is 0 Å². The second kappa shape index (κ2) is 5.14. The van der Waals surface area contributed by atoms with Crippen molar-refractivity contribution >= 4 is 42.4 Å². The molecule has 2 heterocycles. The number of aromatic nitrogens is 3. The molecule has 0 aliphatic heterocycles. The second-order valence-electron chi connectivity index (χ2n) is 4.57. The number of hydrogen-bond donors (Lipinski definition) is 1. The van der Waals surface area contributed by atoms with Gasteiger partial charge in [0.1, 0.15) is 5.69 Å². The first-order valence-corrected chi connectivity index (χ1v) is 8.76. The molecular formula is C12H10N4O4S2. The molecule has 0 atom stereocenters. The maximum absolute atomic E-state index is 12.0. The van der Waals surface area contributed by atoms with Crippen LogP contribution >= 0.6 is 11.3 Å². The lowest BCUT2D eigenvalue weighted by Gasteiger charge is -1.96. The number of nitrogens with zero attached hydrogens (tertiary/aromatic N) is 3. The highest BCUT2D eigenvalue weighted by atomic mass is 32.2. The van der Waals surface area contributed by atoms with Crippen LogP contribution in [0.4, 0.5) is 5.13 Å². The summed E-state index contributed by atoms with van der Waals surface area (Å²) >= 11 is 1.17. The van der Waals surface area contributed by atoms with E-state index in [1.54, 1.807) is 13.0 Å². The molecule has 1 N–H and O–H groups in total. The van der Waals surface area contributed by atoms with Crippen LogP contribution in [0.25, 0.3) is 10.2 Å². The number of benzene rings is 1. The fourth-order valence-corrected chi connectivity index (χ4v) is 3.40. The number of carbonyl (C=O) groups is 1. The summed E-state index contributed by atoms with van der Waals surface area (Å²) in [6.45, 7) is 1.60. The molecular weight excluding hydrogens is 328 g/mol. The van der Waals surface area contributed by atoms with E-state index in [2.05, 4.69) is 25.2 Å². The van der Waals surface area contributed by atoms with Crippen molar-refractivity contribution in [3.63, 3.8) is 0 Å². The lowest BCUT2D eigenvalue weighted by molar-refractivity contribution is 0.101. The fraction of sp³-hybridized carbons (Fsp3) is 0.167. The number of sulfone groups is 1. The normalized spacial score (nSPS) is 11.7. The van der Waals surface area contributed by atoms with E-state index in [1.165, 1.54) is 23.5 Å². The summed E-state index contributed by atoms with van der Waals surface area (Å²) in [5.74, 6) is -0.485. The summed E-state index contributed by atoms with van der Waals surface area (Å²) in [7, 11) is -3.29. The predicted molar refractivity (Wildman–Crippen MR) is 79.7 cm³/mol. The quantitative estimate of drug-likeness (QED) is 0.772. The molecule has 0 spiro atoms. The van der Waals surface area contributed by atoms with Crippen molar-refractivity contribution in [2.24, 2.45) is 0 Å². The maximum Gasteiger partial charge on any atom is 0.281 e. The molecule has 0 saturated carbocycles. The first-order valence-electron chi connectivity index (χ1n) is 6.06. The summed E-state index contributed by atoms with van der Waals surface area (Å²) in [6, 6.07) is 4.61. The minimum absolute atomic E-state index is 0.0797. The zero-order chi connectivity index (χ0) is 15.9. The number of carbonyl (C=O) groups excluding carboxylic acids is 1. The molecule has 0 radical (unpaired) electrons. The third kappa shape index (κ3) is 2.70. The van der Waals surface area contributed by atoms with Gasteiger partial charge in [0.2, 0.25) is 0 Å². The number of thiazole rings is 1. The molecule has 22 heavy (non-hydrogen) atoms. The van der Waals surface area contributed by atoms with Crippen LogP contribution in [0.5, 0.6) is 0 Å². The van der Waals surface area contributed by atoms with E-state index >= 15 is 0 Å². The van der Waals surface area contributed by atoms with Gasteiger partial charge >= 0.3 is 0 Å². The topological polar surface area (TPSA) is 115 Å². The van der Waals surface area contributed by atoms with Crippen molar-refractivity contribution in [2.75, 3.05) is 11.6 Å². The van der Waals surface area contributed by atoms with Crippen LogP contribution in [-0.4, -0.2) is 35.9 Å². The van der Waals surface area contributed by atoms with Crippen molar-refractivity contribution in [2.45, 2.75) is 11.8 Å². The Morgan fingerprint density at radius 2 is 2.09 bits per heavy atom. The molecule has 0 aliphatic rings. The van der Waals surface area contributed by atoms with Gasteiger partial charge in [-0.15, -0.1) is 0 Å². The maximum atomic E-state index is 12.0. The number of aryl methyl sites for hydroxylation is 1. The smallest absolute Gasteiger partial charge is 0.281 e. The number of rotatable bonds is 3.